The number of hydrogen-bond donors (Lipinski definition) is 0. The Hall–Kier alpha value is -0.550. The van der Waals surface area contributed by atoms with Crippen LogP contribution in [0.2, 0.25) is 5.02 Å². The topological polar surface area (TPSA) is 17.8 Å². The Morgan fingerprint density at radius 3 is 2.43 bits per heavy atom. The number of halogens is 4. The lowest BCUT2D eigenvalue weighted by atomic mass is 10.2. The van der Waals surface area contributed by atoms with Gasteiger partial charge in [-0.05, 0) is 69.1 Å². The monoisotopic (exact) mass is 446 g/mol. The zero-order valence-corrected chi connectivity index (χ0v) is 15.6. The van der Waals surface area contributed by atoms with Crippen molar-refractivity contribution in [1.29, 1.82) is 0 Å². The molecule has 0 N–H and O–H groups in total. The number of fused-ring (bicyclic) bond motifs is 1. The zero-order valence-electron chi connectivity index (χ0n) is 10.9. The number of imidazole rings is 1. The highest BCUT2D eigenvalue weighted by Gasteiger charge is 2.19. The molecule has 1 unspecified atom stereocenters. The van der Waals surface area contributed by atoms with Gasteiger partial charge in [-0.1, -0.05) is 17.7 Å². The molecule has 0 aliphatic carbocycles. The van der Waals surface area contributed by atoms with E-state index < -0.39 is 0 Å². The minimum absolute atomic E-state index is 0.227. The van der Waals surface area contributed by atoms with Gasteiger partial charge in [0, 0.05) is 14.0 Å². The van der Waals surface area contributed by atoms with Crippen LogP contribution in [0, 0.1) is 0 Å². The zero-order chi connectivity index (χ0) is 15.1. The molecule has 3 aromatic rings. The first-order chi connectivity index (χ1) is 9.99. The summed E-state index contributed by atoms with van der Waals surface area (Å²) in [4.78, 5) is 4.64. The van der Waals surface area contributed by atoms with Gasteiger partial charge in [-0.2, -0.15) is 0 Å². The lowest BCUT2D eigenvalue weighted by molar-refractivity contribution is 0.878. The highest BCUT2D eigenvalue weighted by atomic mass is 79.9. The van der Waals surface area contributed by atoms with Gasteiger partial charge in [0.1, 0.15) is 5.82 Å². The molecule has 0 bridgehead atoms. The summed E-state index contributed by atoms with van der Waals surface area (Å²) < 4.78 is 3.98. The Bertz CT molecular complexity index is 808. The molecule has 0 fully saturated rings. The van der Waals surface area contributed by atoms with Crippen molar-refractivity contribution in [2.75, 3.05) is 0 Å². The maximum atomic E-state index is 6.33. The minimum Gasteiger partial charge on any atom is -0.293 e. The SMILES string of the molecule is CC(Cl)c1nc2cc(Cl)ccc2n1-c1c(Br)cccc1Br. The Labute approximate surface area is 149 Å². The number of benzene rings is 2. The smallest absolute Gasteiger partial charge is 0.132 e. The van der Waals surface area contributed by atoms with Gasteiger partial charge in [0.05, 0.1) is 22.1 Å². The van der Waals surface area contributed by atoms with Crippen molar-refractivity contribution < 1.29 is 0 Å². The standard InChI is InChI=1S/C15H10Br2Cl2N2/c1-8(18)15-20-12-7-9(19)5-6-13(12)21(15)14-10(16)3-2-4-11(14)17/h2-8H,1H3. The molecule has 0 saturated carbocycles. The summed E-state index contributed by atoms with van der Waals surface area (Å²) in [6.45, 7) is 1.91. The second-order valence-electron chi connectivity index (χ2n) is 4.62. The number of aromatic nitrogens is 2. The summed E-state index contributed by atoms with van der Waals surface area (Å²) in [6, 6.07) is 11.6. The van der Waals surface area contributed by atoms with Gasteiger partial charge in [0.15, 0.2) is 0 Å². The summed E-state index contributed by atoms with van der Waals surface area (Å²) in [6.07, 6.45) is 0. The third-order valence-electron chi connectivity index (χ3n) is 3.16. The molecule has 0 aliphatic rings. The van der Waals surface area contributed by atoms with E-state index in [1.807, 2.05) is 43.3 Å². The molecule has 0 aliphatic heterocycles. The van der Waals surface area contributed by atoms with Gasteiger partial charge < -0.3 is 0 Å². The van der Waals surface area contributed by atoms with E-state index in [-0.39, 0.29) is 5.38 Å². The molecule has 3 rings (SSSR count). The van der Waals surface area contributed by atoms with Crippen molar-refractivity contribution in [3.05, 3.63) is 56.2 Å². The van der Waals surface area contributed by atoms with Crippen molar-refractivity contribution in [2.24, 2.45) is 0 Å². The molecular formula is C15H10Br2Cl2N2. The van der Waals surface area contributed by atoms with Gasteiger partial charge in [0.2, 0.25) is 0 Å². The van der Waals surface area contributed by atoms with E-state index in [1.165, 1.54) is 0 Å². The van der Waals surface area contributed by atoms with Crippen LogP contribution < -0.4 is 0 Å². The molecule has 0 radical (unpaired) electrons. The van der Waals surface area contributed by atoms with Crippen LogP contribution in [0.25, 0.3) is 16.7 Å². The van der Waals surface area contributed by atoms with E-state index >= 15 is 0 Å². The van der Waals surface area contributed by atoms with E-state index in [2.05, 4.69) is 41.4 Å². The predicted octanol–water partition coefficient (Wildman–Crippen LogP) is 6.50. The quantitative estimate of drug-likeness (QED) is 0.409. The van der Waals surface area contributed by atoms with Crippen LogP contribution in [0.1, 0.15) is 18.1 Å². The molecule has 108 valence electrons. The number of para-hydroxylation sites is 1. The number of alkyl halides is 1. The molecule has 0 spiro atoms. The fraction of sp³-hybridized carbons (Fsp3) is 0.133. The minimum atomic E-state index is -0.227. The van der Waals surface area contributed by atoms with Crippen molar-refractivity contribution >= 4 is 66.1 Å². The van der Waals surface area contributed by atoms with E-state index in [1.54, 1.807) is 0 Å². The van der Waals surface area contributed by atoms with Crippen LogP contribution in [0.15, 0.2) is 45.3 Å². The maximum Gasteiger partial charge on any atom is 0.132 e. The molecular weight excluding hydrogens is 439 g/mol. The van der Waals surface area contributed by atoms with Crippen molar-refractivity contribution in [1.82, 2.24) is 9.55 Å². The summed E-state index contributed by atoms with van der Waals surface area (Å²) in [7, 11) is 0. The molecule has 0 amide bonds. The first-order valence-corrected chi connectivity index (χ1v) is 8.65. The second-order valence-corrected chi connectivity index (χ2v) is 7.42. The summed E-state index contributed by atoms with van der Waals surface area (Å²) in [5, 5.41) is 0.433. The highest BCUT2D eigenvalue weighted by Crippen LogP contribution is 2.36. The lowest BCUT2D eigenvalue weighted by Gasteiger charge is -2.14. The van der Waals surface area contributed by atoms with E-state index in [0.29, 0.717) is 5.02 Å². The Balaban J connectivity index is 2.42. The summed E-state index contributed by atoms with van der Waals surface area (Å²) in [5.41, 5.74) is 2.77. The molecule has 2 nitrogen and oxygen atoms in total. The third-order valence-corrected chi connectivity index (χ3v) is 4.87. The van der Waals surface area contributed by atoms with Crippen LogP contribution in [-0.2, 0) is 0 Å². The lowest BCUT2D eigenvalue weighted by Crippen LogP contribution is -2.03. The van der Waals surface area contributed by atoms with Gasteiger partial charge >= 0.3 is 0 Å². The average Bonchev–Trinajstić information content (AvgIpc) is 2.77. The number of hydrogen-bond acceptors (Lipinski definition) is 1. The first kappa shape index (κ1) is 15.3. The molecule has 21 heavy (non-hydrogen) atoms. The molecule has 1 heterocycles. The Morgan fingerprint density at radius 1 is 1.14 bits per heavy atom. The van der Waals surface area contributed by atoms with Crippen LogP contribution in [0.3, 0.4) is 0 Å². The Morgan fingerprint density at radius 2 is 1.81 bits per heavy atom. The van der Waals surface area contributed by atoms with Gasteiger partial charge in [-0.3, -0.25) is 4.57 Å². The number of nitrogens with zero attached hydrogens (tertiary/aromatic N) is 2. The highest BCUT2D eigenvalue weighted by molar-refractivity contribution is 9.11. The summed E-state index contributed by atoms with van der Waals surface area (Å²) >= 11 is 19.6. The second kappa shape index (κ2) is 5.92. The van der Waals surface area contributed by atoms with Crippen molar-refractivity contribution in [2.45, 2.75) is 12.3 Å². The van der Waals surface area contributed by atoms with Crippen LogP contribution >= 0.6 is 55.1 Å². The fourth-order valence-electron chi connectivity index (χ4n) is 2.28. The third kappa shape index (κ3) is 2.74. The predicted molar refractivity (Wildman–Crippen MR) is 95.7 cm³/mol. The number of rotatable bonds is 2. The van der Waals surface area contributed by atoms with E-state index in [0.717, 1.165) is 31.5 Å². The maximum absolute atomic E-state index is 6.33. The molecule has 1 aromatic heterocycles. The van der Waals surface area contributed by atoms with Crippen molar-refractivity contribution in [3.8, 4) is 5.69 Å². The van der Waals surface area contributed by atoms with E-state index in [4.69, 9.17) is 23.2 Å². The molecule has 2 aromatic carbocycles. The van der Waals surface area contributed by atoms with Gasteiger partial charge in [-0.15, -0.1) is 11.6 Å². The normalized spacial score (nSPS) is 12.8. The van der Waals surface area contributed by atoms with Crippen LogP contribution in [0.5, 0.6) is 0 Å². The van der Waals surface area contributed by atoms with E-state index in [9.17, 15) is 0 Å². The molecule has 1 atom stereocenters. The van der Waals surface area contributed by atoms with Gasteiger partial charge in [-0.25, -0.2) is 4.98 Å². The van der Waals surface area contributed by atoms with Crippen LogP contribution in [0.4, 0.5) is 0 Å². The molecule has 0 saturated heterocycles. The fourth-order valence-corrected chi connectivity index (χ4v) is 3.94. The van der Waals surface area contributed by atoms with Crippen molar-refractivity contribution in [3.63, 3.8) is 0 Å². The van der Waals surface area contributed by atoms with Gasteiger partial charge in [0.25, 0.3) is 0 Å². The molecule has 6 heteroatoms. The Kier molecular flexibility index (Phi) is 4.33. The first-order valence-electron chi connectivity index (χ1n) is 6.25. The summed E-state index contributed by atoms with van der Waals surface area (Å²) in [5.74, 6) is 0.779. The van der Waals surface area contributed by atoms with Crippen LogP contribution in [-0.4, -0.2) is 9.55 Å². The largest absolute Gasteiger partial charge is 0.293 e. The average molecular weight is 449 g/mol.